The Morgan fingerprint density at radius 2 is 1.83 bits per heavy atom. The number of thiophene rings is 1. The Labute approximate surface area is 215 Å². The van der Waals surface area contributed by atoms with E-state index in [1.807, 2.05) is 51.1 Å². The number of morpholine rings is 1. The van der Waals surface area contributed by atoms with Gasteiger partial charge in [0.1, 0.15) is 5.60 Å². The highest BCUT2D eigenvalue weighted by Crippen LogP contribution is 2.33. The summed E-state index contributed by atoms with van der Waals surface area (Å²) in [6.45, 7) is 11.2. The number of nitrogens with one attached hydrogen (secondary N) is 2. The number of hydrogen-bond donors (Lipinski definition) is 2. The summed E-state index contributed by atoms with van der Waals surface area (Å²) < 4.78 is 12.0. The van der Waals surface area contributed by atoms with Gasteiger partial charge in [-0.1, -0.05) is 6.07 Å². The maximum atomic E-state index is 12.2. The second kappa shape index (κ2) is 10.6. The van der Waals surface area contributed by atoms with Gasteiger partial charge in [-0.25, -0.2) is 9.78 Å². The summed E-state index contributed by atoms with van der Waals surface area (Å²) in [5, 5.41) is 8.18. The molecule has 2 aromatic heterocycles. The molecule has 0 aliphatic carbocycles. The van der Waals surface area contributed by atoms with E-state index in [4.69, 9.17) is 19.4 Å². The van der Waals surface area contributed by atoms with Crippen LogP contribution in [0.4, 0.5) is 27.9 Å². The molecule has 2 N–H and O–H groups in total. The maximum absolute atomic E-state index is 12.2. The summed E-state index contributed by atoms with van der Waals surface area (Å²) in [5.74, 6) is 1.53. The fourth-order valence-electron chi connectivity index (χ4n) is 4.73. The molecular weight excluding hydrogens is 476 g/mol. The van der Waals surface area contributed by atoms with Gasteiger partial charge in [-0.15, -0.1) is 11.3 Å². The van der Waals surface area contributed by atoms with Crippen molar-refractivity contribution in [1.82, 2.24) is 14.9 Å². The van der Waals surface area contributed by atoms with E-state index >= 15 is 0 Å². The Balaban J connectivity index is 1.30. The largest absolute Gasteiger partial charge is 0.444 e. The molecule has 0 saturated carbocycles. The van der Waals surface area contributed by atoms with Gasteiger partial charge in [0.15, 0.2) is 5.82 Å². The molecule has 2 fully saturated rings. The number of fused-ring (bicyclic) bond motifs is 1. The standard InChI is InChI=1S/C26H34N6O3S/c1-26(2,3)35-25(33)28-19-6-4-5-18(17-19)27-24-29-21-9-16-36-22(21)23(30-24)32-10-7-20(8-11-32)31-12-14-34-15-13-31/h4-6,9,16-17,20H,7-8,10-15H2,1-3H3,(H,28,33)(H,27,29,30). The summed E-state index contributed by atoms with van der Waals surface area (Å²) in [6.07, 6.45) is 1.76. The first-order valence-electron chi connectivity index (χ1n) is 12.5. The number of amides is 1. The second-order valence-corrected chi connectivity index (χ2v) is 11.1. The van der Waals surface area contributed by atoms with Crippen molar-refractivity contribution < 1.29 is 14.3 Å². The normalized spacial score (nSPS) is 17.8. The third kappa shape index (κ3) is 6.05. The topological polar surface area (TPSA) is 91.8 Å². The molecule has 36 heavy (non-hydrogen) atoms. The number of ether oxygens (including phenoxy) is 2. The van der Waals surface area contributed by atoms with Crippen LogP contribution < -0.4 is 15.5 Å². The highest BCUT2D eigenvalue weighted by Gasteiger charge is 2.27. The Morgan fingerprint density at radius 3 is 2.58 bits per heavy atom. The van der Waals surface area contributed by atoms with E-state index in [-0.39, 0.29) is 0 Å². The lowest BCUT2D eigenvalue weighted by Gasteiger charge is -2.40. The van der Waals surface area contributed by atoms with E-state index in [0.29, 0.717) is 17.7 Å². The first-order valence-corrected chi connectivity index (χ1v) is 13.4. The van der Waals surface area contributed by atoms with Gasteiger partial charge in [0, 0.05) is 43.6 Å². The average Bonchev–Trinajstić information content (AvgIpc) is 3.32. The lowest BCUT2D eigenvalue weighted by Crippen LogP contribution is -2.49. The molecule has 4 heterocycles. The molecule has 192 valence electrons. The van der Waals surface area contributed by atoms with Crippen LogP contribution >= 0.6 is 11.3 Å². The third-order valence-corrected chi connectivity index (χ3v) is 7.28. The highest BCUT2D eigenvalue weighted by molar-refractivity contribution is 7.17. The van der Waals surface area contributed by atoms with Gasteiger partial charge in [-0.05, 0) is 63.3 Å². The Hall–Kier alpha value is -2.95. The predicted molar refractivity (Wildman–Crippen MR) is 145 cm³/mol. The molecule has 2 aliphatic rings. The third-order valence-electron chi connectivity index (χ3n) is 6.38. The monoisotopic (exact) mass is 510 g/mol. The number of piperidine rings is 1. The van der Waals surface area contributed by atoms with Gasteiger partial charge in [0.05, 0.1) is 23.4 Å². The fraction of sp³-hybridized carbons (Fsp3) is 0.500. The molecule has 0 unspecified atom stereocenters. The van der Waals surface area contributed by atoms with Crippen LogP contribution in [0.25, 0.3) is 10.2 Å². The quantitative estimate of drug-likeness (QED) is 0.491. The minimum atomic E-state index is -0.559. The van der Waals surface area contributed by atoms with Crippen LogP contribution in [0.2, 0.25) is 0 Å². The van der Waals surface area contributed by atoms with Crippen molar-refractivity contribution >= 4 is 50.8 Å². The summed E-state index contributed by atoms with van der Waals surface area (Å²) in [7, 11) is 0. The number of aromatic nitrogens is 2. The van der Waals surface area contributed by atoms with Gasteiger partial charge < -0.3 is 19.7 Å². The molecular formula is C26H34N6O3S. The second-order valence-electron chi connectivity index (χ2n) is 10.2. The molecule has 0 spiro atoms. The van der Waals surface area contributed by atoms with E-state index in [9.17, 15) is 4.79 Å². The van der Waals surface area contributed by atoms with Gasteiger partial charge in [-0.3, -0.25) is 10.2 Å². The first kappa shape index (κ1) is 24.7. The van der Waals surface area contributed by atoms with E-state index in [0.717, 1.165) is 74.0 Å². The Morgan fingerprint density at radius 1 is 1.08 bits per heavy atom. The van der Waals surface area contributed by atoms with E-state index in [1.54, 1.807) is 11.3 Å². The zero-order valence-electron chi connectivity index (χ0n) is 21.1. The van der Waals surface area contributed by atoms with Crippen molar-refractivity contribution in [2.45, 2.75) is 45.3 Å². The number of hydrogen-bond acceptors (Lipinski definition) is 9. The molecule has 2 aliphatic heterocycles. The number of nitrogens with zero attached hydrogens (tertiary/aromatic N) is 4. The smallest absolute Gasteiger partial charge is 0.412 e. The van der Waals surface area contributed by atoms with Crippen LogP contribution in [-0.4, -0.2) is 72.0 Å². The molecule has 1 aromatic carbocycles. The number of anilines is 4. The van der Waals surface area contributed by atoms with Gasteiger partial charge >= 0.3 is 6.09 Å². The summed E-state index contributed by atoms with van der Waals surface area (Å²) >= 11 is 1.68. The highest BCUT2D eigenvalue weighted by atomic mass is 32.1. The maximum Gasteiger partial charge on any atom is 0.412 e. The van der Waals surface area contributed by atoms with Crippen molar-refractivity contribution in [1.29, 1.82) is 0 Å². The lowest BCUT2D eigenvalue weighted by molar-refractivity contribution is 0.0115. The van der Waals surface area contributed by atoms with Crippen molar-refractivity contribution in [2.75, 3.05) is 54.9 Å². The summed E-state index contributed by atoms with van der Waals surface area (Å²) in [5.41, 5.74) is 1.80. The molecule has 10 heteroatoms. The zero-order valence-corrected chi connectivity index (χ0v) is 21.9. The van der Waals surface area contributed by atoms with Crippen LogP contribution in [0.5, 0.6) is 0 Å². The molecule has 0 atom stereocenters. The fourth-order valence-corrected chi connectivity index (χ4v) is 5.58. The van der Waals surface area contributed by atoms with Gasteiger partial charge in [0.2, 0.25) is 5.95 Å². The average molecular weight is 511 g/mol. The Bertz CT molecular complexity index is 1200. The minimum absolute atomic E-state index is 0.488. The van der Waals surface area contributed by atoms with E-state index < -0.39 is 11.7 Å². The molecule has 1 amide bonds. The number of benzene rings is 1. The number of carbonyl (C=O) groups is 1. The van der Waals surface area contributed by atoms with Crippen molar-refractivity contribution in [3.63, 3.8) is 0 Å². The van der Waals surface area contributed by atoms with Crippen LogP contribution in [0.15, 0.2) is 35.7 Å². The molecule has 0 radical (unpaired) electrons. The van der Waals surface area contributed by atoms with Crippen molar-refractivity contribution in [3.8, 4) is 0 Å². The predicted octanol–water partition coefficient (Wildman–Crippen LogP) is 5.08. The Kier molecular flexibility index (Phi) is 7.27. The minimum Gasteiger partial charge on any atom is -0.444 e. The van der Waals surface area contributed by atoms with Crippen LogP contribution in [0, 0.1) is 0 Å². The van der Waals surface area contributed by atoms with Crippen LogP contribution in [0.3, 0.4) is 0 Å². The summed E-state index contributed by atoms with van der Waals surface area (Å²) in [4.78, 5) is 26.8. The van der Waals surface area contributed by atoms with Crippen LogP contribution in [-0.2, 0) is 9.47 Å². The molecule has 9 nitrogen and oxygen atoms in total. The van der Waals surface area contributed by atoms with Crippen molar-refractivity contribution in [3.05, 3.63) is 35.7 Å². The zero-order chi connectivity index (χ0) is 25.1. The van der Waals surface area contributed by atoms with Crippen molar-refractivity contribution in [2.24, 2.45) is 0 Å². The molecule has 5 rings (SSSR count). The van der Waals surface area contributed by atoms with E-state index in [1.165, 1.54) is 0 Å². The molecule has 3 aromatic rings. The molecule has 2 saturated heterocycles. The van der Waals surface area contributed by atoms with Gasteiger partial charge in [0.25, 0.3) is 0 Å². The van der Waals surface area contributed by atoms with Gasteiger partial charge in [-0.2, -0.15) is 4.98 Å². The number of carbonyl (C=O) groups excluding carboxylic acids is 1. The lowest BCUT2D eigenvalue weighted by atomic mass is 10.0. The van der Waals surface area contributed by atoms with E-state index in [2.05, 4.69) is 25.8 Å². The van der Waals surface area contributed by atoms with Crippen LogP contribution in [0.1, 0.15) is 33.6 Å². The number of rotatable bonds is 5. The SMILES string of the molecule is CC(C)(C)OC(=O)Nc1cccc(Nc2nc(N3CCC(N4CCOCC4)CC3)c3sccc3n2)c1. The summed E-state index contributed by atoms with van der Waals surface area (Å²) in [6, 6.07) is 10.1. The first-order chi connectivity index (χ1) is 17.3. The molecule has 0 bridgehead atoms.